The molecular formula is C19H17N5OS2. The number of amides is 1. The van der Waals surface area contributed by atoms with Gasteiger partial charge >= 0.3 is 0 Å². The van der Waals surface area contributed by atoms with Crippen molar-refractivity contribution in [3.05, 3.63) is 65.4 Å². The van der Waals surface area contributed by atoms with E-state index in [2.05, 4.69) is 31.5 Å². The maximum Gasteiger partial charge on any atom is 0.237 e. The van der Waals surface area contributed by atoms with Crippen LogP contribution in [0.3, 0.4) is 0 Å². The lowest BCUT2D eigenvalue weighted by atomic mass is 10.1. The number of hydrogen-bond donors (Lipinski definition) is 2. The lowest BCUT2D eigenvalue weighted by Crippen LogP contribution is -2.22. The Morgan fingerprint density at radius 2 is 2.04 bits per heavy atom. The molecule has 0 spiro atoms. The molecule has 1 amide bonds. The van der Waals surface area contributed by atoms with E-state index >= 15 is 0 Å². The number of hydrogen-bond acceptors (Lipinski definition) is 6. The molecule has 0 radical (unpaired) electrons. The first-order chi connectivity index (χ1) is 13.2. The van der Waals surface area contributed by atoms with Crippen molar-refractivity contribution in [1.29, 1.82) is 0 Å². The zero-order chi connectivity index (χ0) is 18.6. The monoisotopic (exact) mass is 395 g/mol. The van der Waals surface area contributed by atoms with Crippen molar-refractivity contribution >= 4 is 44.9 Å². The summed E-state index contributed by atoms with van der Waals surface area (Å²) >= 11 is 3.05. The molecule has 0 aliphatic heterocycles. The highest BCUT2D eigenvalue weighted by Gasteiger charge is 2.16. The molecule has 6 nitrogen and oxygen atoms in total. The minimum absolute atomic E-state index is 0.0738. The summed E-state index contributed by atoms with van der Waals surface area (Å²) in [4.78, 5) is 21.0. The van der Waals surface area contributed by atoms with Gasteiger partial charge in [0.15, 0.2) is 5.16 Å². The fourth-order valence-electron chi connectivity index (χ4n) is 2.59. The van der Waals surface area contributed by atoms with Crippen LogP contribution < -0.4 is 5.32 Å². The minimum Gasteiger partial charge on any atom is -0.325 e. The zero-order valence-electron chi connectivity index (χ0n) is 14.5. The second kappa shape index (κ2) is 7.89. The van der Waals surface area contributed by atoms with Gasteiger partial charge in [0.1, 0.15) is 6.33 Å². The number of carbonyl (C=O) groups is 1. The summed E-state index contributed by atoms with van der Waals surface area (Å²) in [6.07, 6.45) is 2.21. The third-order valence-corrected chi connectivity index (χ3v) is 5.99. The smallest absolute Gasteiger partial charge is 0.237 e. The lowest BCUT2D eigenvalue weighted by molar-refractivity contribution is -0.115. The van der Waals surface area contributed by atoms with Crippen LogP contribution in [0.1, 0.15) is 17.5 Å². The van der Waals surface area contributed by atoms with E-state index in [1.165, 1.54) is 22.8 Å². The van der Waals surface area contributed by atoms with E-state index in [-0.39, 0.29) is 11.2 Å². The van der Waals surface area contributed by atoms with Crippen molar-refractivity contribution in [2.45, 2.75) is 23.8 Å². The van der Waals surface area contributed by atoms with Crippen LogP contribution in [0.5, 0.6) is 0 Å². The number of rotatable bonds is 6. The molecule has 2 aromatic heterocycles. The third kappa shape index (κ3) is 4.35. The number of nitrogens with zero attached hydrogens (tertiary/aromatic N) is 3. The molecule has 2 N–H and O–H groups in total. The fourth-order valence-corrected chi connectivity index (χ4v) is 4.31. The van der Waals surface area contributed by atoms with Crippen LogP contribution in [0.2, 0.25) is 0 Å². The molecule has 0 unspecified atom stereocenters. The summed E-state index contributed by atoms with van der Waals surface area (Å²) < 4.78 is 1.20. The highest BCUT2D eigenvalue weighted by atomic mass is 32.2. The number of para-hydroxylation sites is 1. The highest BCUT2D eigenvalue weighted by molar-refractivity contribution is 8.00. The first kappa shape index (κ1) is 17.7. The van der Waals surface area contributed by atoms with Gasteiger partial charge in [-0.2, -0.15) is 5.10 Å². The number of nitrogens with one attached hydrogen (secondary N) is 2. The van der Waals surface area contributed by atoms with Crippen LogP contribution in [0, 0.1) is 0 Å². The Morgan fingerprint density at radius 3 is 2.78 bits per heavy atom. The Kier molecular flexibility index (Phi) is 5.17. The van der Waals surface area contributed by atoms with Gasteiger partial charge in [-0.05, 0) is 36.8 Å². The number of H-pyrrole nitrogens is 1. The average molecular weight is 396 g/mol. The summed E-state index contributed by atoms with van der Waals surface area (Å²) in [5.41, 5.74) is 2.98. The SMILES string of the molecule is C[C@H](Sc1ncn[nH]1)C(=O)Nc1ccc(Cc2nc3ccccc3s2)cc1. The van der Waals surface area contributed by atoms with Gasteiger partial charge in [-0.1, -0.05) is 36.0 Å². The summed E-state index contributed by atoms with van der Waals surface area (Å²) in [5.74, 6) is -0.0738. The second-order valence-corrected chi connectivity index (χ2v) is 8.43. The summed E-state index contributed by atoms with van der Waals surface area (Å²) in [7, 11) is 0. The second-order valence-electron chi connectivity index (χ2n) is 5.99. The van der Waals surface area contributed by atoms with E-state index in [0.717, 1.165) is 28.2 Å². The molecule has 2 heterocycles. The maximum absolute atomic E-state index is 12.3. The molecule has 4 aromatic rings. The summed E-state index contributed by atoms with van der Waals surface area (Å²) in [6.45, 7) is 1.84. The molecule has 136 valence electrons. The molecule has 0 aliphatic rings. The topological polar surface area (TPSA) is 83.6 Å². The van der Waals surface area contributed by atoms with Crippen molar-refractivity contribution < 1.29 is 4.79 Å². The molecule has 8 heteroatoms. The van der Waals surface area contributed by atoms with E-state index in [9.17, 15) is 4.79 Å². The van der Waals surface area contributed by atoms with E-state index in [4.69, 9.17) is 0 Å². The van der Waals surface area contributed by atoms with Crippen LogP contribution in [-0.2, 0) is 11.2 Å². The Morgan fingerprint density at radius 1 is 1.22 bits per heavy atom. The number of benzene rings is 2. The number of thioether (sulfide) groups is 1. The number of anilines is 1. The van der Waals surface area contributed by atoms with Crippen LogP contribution in [0.25, 0.3) is 10.2 Å². The van der Waals surface area contributed by atoms with Gasteiger partial charge in [-0.3, -0.25) is 9.89 Å². The predicted molar refractivity (Wildman–Crippen MR) is 109 cm³/mol. The molecule has 0 bridgehead atoms. The third-order valence-electron chi connectivity index (χ3n) is 3.97. The number of aromatic amines is 1. The van der Waals surface area contributed by atoms with E-state index < -0.39 is 0 Å². The van der Waals surface area contributed by atoms with Crippen molar-refractivity contribution in [2.75, 3.05) is 5.32 Å². The van der Waals surface area contributed by atoms with Crippen molar-refractivity contribution in [3.63, 3.8) is 0 Å². The quantitative estimate of drug-likeness (QED) is 0.480. The van der Waals surface area contributed by atoms with Gasteiger partial charge in [0.05, 0.1) is 20.5 Å². The molecule has 4 rings (SSSR count). The molecule has 1 atom stereocenters. The van der Waals surface area contributed by atoms with Gasteiger partial charge in [-0.25, -0.2) is 9.97 Å². The van der Waals surface area contributed by atoms with Crippen molar-refractivity contribution in [2.24, 2.45) is 0 Å². The van der Waals surface area contributed by atoms with Crippen LogP contribution in [0.4, 0.5) is 5.69 Å². The van der Waals surface area contributed by atoms with E-state index in [1.807, 2.05) is 49.4 Å². The number of fused-ring (bicyclic) bond motifs is 1. The molecule has 0 fully saturated rings. The van der Waals surface area contributed by atoms with Gasteiger partial charge in [0, 0.05) is 12.1 Å². The standard InChI is InChI=1S/C19H17N5OS2/c1-12(26-19-20-11-21-24-19)18(25)22-14-8-6-13(7-9-14)10-17-23-15-4-2-3-5-16(15)27-17/h2-9,11-12H,10H2,1H3,(H,22,25)(H,20,21,24)/t12-/m0/s1. The minimum atomic E-state index is -0.277. The first-order valence-corrected chi connectivity index (χ1v) is 10.1. The van der Waals surface area contributed by atoms with Gasteiger partial charge in [-0.15, -0.1) is 11.3 Å². The normalized spacial score (nSPS) is 12.2. The van der Waals surface area contributed by atoms with Crippen LogP contribution in [0.15, 0.2) is 60.0 Å². The molecule has 0 aliphatic carbocycles. The first-order valence-electron chi connectivity index (χ1n) is 8.43. The fraction of sp³-hybridized carbons (Fsp3) is 0.158. The number of thiazole rings is 1. The number of carbonyl (C=O) groups excluding carboxylic acids is 1. The van der Waals surface area contributed by atoms with Crippen molar-refractivity contribution in [3.8, 4) is 0 Å². The van der Waals surface area contributed by atoms with Gasteiger partial charge in [0.2, 0.25) is 5.91 Å². The molecule has 0 saturated carbocycles. The van der Waals surface area contributed by atoms with E-state index in [0.29, 0.717) is 5.16 Å². The molecule has 27 heavy (non-hydrogen) atoms. The Balaban J connectivity index is 1.37. The Hall–Kier alpha value is -2.71. The molecule has 0 saturated heterocycles. The Labute approximate surface area is 164 Å². The zero-order valence-corrected chi connectivity index (χ0v) is 16.2. The van der Waals surface area contributed by atoms with Gasteiger partial charge in [0.25, 0.3) is 0 Å². The van der Waals surface area contributed by atoms with Gasteiger partial charge < -0.3 is 5.32 Å². The lowest BCUT2D eigenvalue weighted by Gasteiger charge is -2.10. The molecular weight excluding hydrogens is 378 g/mol. The summed E-state index contributed by atoms with van der Waals surface area (Å²) in [5, 5.41) is 10.9. The van der Waals surface area contributed by atoms with Crippen LogP contribution >= 0.6 is 23.1 Å². The molecule has 2 aromatic carbocycles. The van der Waals surface area contributed by atoms with Crippen molar-refractivity contribution in [1.82, 2.24) is 20.2 Å². The summed E-state index contributed by atoms with van der Waals surface area (Å²) in [6, 6.07) is 16.1. The average Bonchev–Trinajstić information content (AvgIpc) is 3.32. The maximum atomic E-state index is 12.3. The van der Waals surface area contributed by atoms with Crippen LogP contribution in [-0.4, -0.2) is 31.3 Å². The number of aromatic nitrogens is 4. The Bertz CT molecular complexity index is 1010. The highest BCUT2D eigenvalue weighted by Crippen LogP contribution is 2.24. The largest absolute Gasteiger partial charge is 0.325 e. The van der Waals surface area contributed by atoms with E-state index in [1.54, 1.807) is 11.3 Å². The predicted octanol–water partition coefficient (Wildman–Crippen LogP) is 4.12.